The quantitative estimate of drug-likeness (QED) is 0.513. The minimum atomic E-state index is 0.0308. The Morgan fingerprint density at radius 2 is 1.93 bits per heavy atom. The molecular formula is C26H38O3. The van der Waals surface area contributed by atoms with Crippen molar-refractivity contribution in [1.82, 2.24) is 0 Å². The van der Waals surface area contributed by atoms with Crippen molar-refractivity contribution in [3.63, 3.8) is 0 Å². The number of carbonyl (C=O) groups excluding carboxylic acids is 2. The number of carbonyl (C=O) groups is 2. The van der Waals surface area contributed by atoms with Gasteiger partial charge >= 0.3 is 0 Å². The van der Waals surface area contributed by atoms with Gasteiger partial charge in [-0.15, -0.1) is 0 Å². The molecule has 0 aromatic carbocycles. The van der Waals surface area contributed by atoms with Gasteiger partial charge < -0.3 is 4.74 Å². The maximum absolute atomic E-state index is 12.4. The predicted octanol–water partition coefficient (Wildman–Crippen LogP) is 6.03. The Hall–Kier alpha value is -1.38. The molecule has 0 aromatic rings. The third-order valence-electron chi connectivity index (χ3n) is 9.07. The van der Waals surface area contributed by atoms with Gasteiger partial charge in [-0.05, 0) is 80.8 Å². The number of ketones is 2. The lowest BCUT2D eigenvalue weighted by molar-refractivity contribution is -0.127. The van der Waals surface area contributed by atoms with E-state index in [2.05, 4.69) is 26.8 Å². The zero-order valence-electron chi connectivity index (χ0n) is 18.8. The fourth-order valence-electron chi connectivity index (χ4n) is 7.42. The molecule has 0 unspecified atom stereocenters. The maximum Gasteiger partial charge on any atom is 0.156 e. The van der Waals surface area contributed by atoms with Crippen LogP contribution in [0.2, 0.25) is 0 Å². The van der Waals surface area contributed by atoms with E-state index in [9.17, 15) is 9.59 Å². The highest BCUT2D eigenvalue weighted by molar-refractivity contribution is 5.92. The Balaban J connectivity index is 1.70. The Labute approximate surface area is 176 Å². The fourth-order valence-corrected chi connectivity index (χ4v) is 7.42. The van der Waals surface area contributed by atoms with Crippen molar-refractivity contribution in [2.45, 2.75) is 85.5 Å². The van der Waals surface area contributed by atoms with Gasteiger partial charge in [-0.1, -0.05) is 33.6 Å². The second-order valence-corrected chi connectivity index (χ2v) is 10.6. The number of allylic oxidation sites excluding steroid dienone is 3. The van der Waals surface area contributed by atoms with Crippen LogP contribution in [0.1, 0.15) is 85.5 Å². The van der Waals surface area contributed by atoms with Crippen molar-refractivity contribution in [3.8, 4) is 0 Å². The number of unbranched alkanes of at least 4 members (excludes halogenated alkanes) is 2. The first-order valence-corrected chi connectivity index (χ1v) is 11.9. The Bertz CT molecular complexity index is 747. The molecule has 0 spiro atoms. The summed E-state index contributed by atoms with van der Waals surface area (Å²) >= 11 is 0. The number of rotatable bonds is 6. The minimum Gasteiger partial charge on any atom is -0.494 e. The largest absolute Gasteiger partial charge is 0.494 e. The molecule has 0 bridgehead atoms. The second kappa shape index (κ2) is 7.71. The van der Waals surface area contributed by atoms with Gasteiger partial charge in [-0.25, -0.2) is 0 Å². The van der Waals surface area contributed by atoms with E-state index in [1.807, 2.05) is 6.08 Å². The van der Waals surface area contributed by atoms with Crippen molar-refractivity contribution in [3.05, 3.63) is 23.5 Å². The van der Waals surface area contributed by atoms with E-state index in [1.165, 1.54) is 12.8 Å². The molecule has 2 fully saturated rings. The van der Waals surface area contributed by atoms with E-state index in [0.717, 1.165) is 56.5 Å². The van der Waals surface area contributed by atoms with Crippen molar-refractivity contribution in [2.75, 3.05) is 6.61 Å². The van der Waals surface area contributed by atoms with Crippen LogP contribution in [-0.4, -0.2) is 18.2 Å². The van der Waals surface area contributed by atoms with Gasteiger partial charge in [0.25, 0.3) is 0 Å². The Kier molecular flexibility index (Phi) is 5.55. The van der Waals surface area contributed by atoms with Crippen molar-refractivity contribution >= 4 is 11.6 Å². The van der Waals surface area contributed by atoms with Crippen LogP contribution >= 0.6 is 0 Å². The summed E-state index contributed by atoms with van der Waals surface area (Å²) in [6, 6.07) is 0. The van der Waals surface area contributed by atoms with Crippen LogP contribution in [0.4, 0.5) is 0 Å². The summed E-state index contributed by atoms with van der Waals surface area (Å²) in [6.45, 7) is 9.49. The smallest absolute Gasteiger partial charge is 0.156 e. The molecule has 29 heavy (non-hydrogen) atoms. The van der Waals surface area contributed by atoms with Gasteiger partial charge in [-0.2, -0.15) is 0 Å². The molecule has 4 aliphatic rings. The van der Waals surface area contributed by atoms with Crippen LogP contribution in [0.15, 0.2) is 23.5 Å². The Morgan fingerprint density at radius 3 is 2.66 bits per heavy atom. The standard InChI is InChI=1S/C26H38O3/c1-5-6-7-14-29-24-16-19-21-9-8-20(17(2)27)25(21,3)13-11-22(19)26(4)12-10-18(28)15-23(24)26/h15-16,19-22H,5-14H2,1-4H3/t19-,20+,21-,22-,25+,26+/m0/s1. The number of ether oxygens (including phenoxy) is 1. The lowest BCUT2D eigenvalue weighted by atomic mass is 9.48. The SMILES string of the molecule is CCCCCOC1=C[C@H]2[C@@H]3CC[C@H](C(C)=O)[C@@]3(C)CC[C@@H]2[C@@]2(C)CCC(=O)C=C12. The lowest BCUT2D eigenvalue weighted by Crippen LogP contribution is -2.50. The van der Waals surface area contributed by atoms with Crippen LogP contribution in [-0.2, 0) is 14.3 Å². The van der Waals surface area contributed by atoms with E-state index in [4.69, 9.17) is 4.74 Å². The van der Waals surface area contributed by atoms with Gasteiger partial charge in [0.05, 0.1) is 6.61 Å². The molecule has 6 atom stereocenters. The lowest BCUT2D eigenvalue weighted by Gasteiger charge is -2.56. The van der Waals surface area contributed by atoms with Gasteiger partial charge in [0.1, 0.15) is 11.5 Å². The van der Waals surface area contributed by atoms with Gasteiger partial charge in [0.2, 0.25) is 0 Å². The molecule has 0 N–H and O–H groups in total. The van der Waals surface area contributed by atoms with Crippen LogP contribution in [0.25, 0.3) is 0 Å². The van der Waals surface area contributed by atoms with E-state index in [0.29, 0.717) is 30.0 Å². The molecule has 2 saturated carbocycles. The number of Topliss-reactive ketones (excluding diaryl/α,β-unsaturated/α-hetero) is 1. The predicted molar refractivity (Wildman–Crippen MR) is 115 cm³/mol. The number of fused-ring (bicyclic) bond motifs is 5. The second-order valence-electron chi connectivity index (χ2n) is 10.6. The summed E-state index contributed by atoms with van der Waals surface area (Å²) in [6.07, 6.45) is 13.8. The molecule has 0 amide bonds. The van der Waals surface area contributed by atoms with E-state index in [1.54, 1.807) is 6.92 Å². The van der Waals surface area contributed by atoms with Gasteiger partial charge in [0, 0.05) is 23.3 Å². The first-order valence-electron chi connectivity index (χ1n) is 11.9. The average Bonchev–Trinajstić information content (AvgIpc) is 3.04. The van der Waals surface area contributed by atoms with E-state index >= 15 is 0 Å². The molecule has 4 aliphatic carbocycles. The first kappa shape index (κ1) is 20.9. The summed E-state index contributed by atoms with van der Waals surface area (Å²) in [5.41, 5.74) is 1.32. The van der Waals surface area contributed by atoms with Crippen LogP contribution in [0.3, 0.4) is 0 Å². The third kappa shape index (κ3) is 3.33. The highest BCUT2D eigenvalue weighted by atomic mass is 16.5. The first-order chi connectivity index (χ1) is 13.8. The zero-order chi connectivity index (χ0) is 20.8. The third-order valence-corrected chi connectivity index (χ3v) is 9.07. The molecule has 0 saturated heterocycles. The molecule has 0 radical (unpaired) electrons. The maximum atomic E-state index is 12.4. The van der Waals surface area contributed by atoms with Crippen molar-refractivity contribution in [2.24, 2.45) is 34.5 Å². The molecule has 160 valence electrons. The molecule has 3 heteroatoms. The van der Waals surface area contributed by atoms with E-state index < -0.39 is 0 Å². The van der Waals surface area contributed by atoms with E-state index in [-0.39, 0.29) is 22.5 Å². The van der Waals surface area contributed by atoms with Crippen LogP contribution in [0, 0.1) is 34.5 Å². The molecule has 0 aliphatic heterocycles. The average molecular weight is 399 g/mol. The summed E-state index contributed by atoms with van der Waals surface area (Å²) in [4.78, 5) is 24.7. The van der Waals surface area contributed by atoms with Crippen LogP contribution in [0.5, 0.6) is 0 Å². The molecule has 4 rings (SSSR count). The van der Waals surface area contributed by atoms with Gasteiger partial charge in [-0.3, -0.25) is 9.59 Å². The fraction of sp³-hybridized carbons (Fsp3) is 0.769. The summed E-state index contributed by atoms with van der Waals surface area (Å²) < 4.78 is 6.35. The number of hydrogen-bond acceptors (Lipinski definition) is 3. The Morgan fingerprint density at radius 1 is 1.14 bits per heavy atom. The topological polar surface area (TPSA) is 43.4 Å². The highest BCUT2D eigenvalue weighted by Gasteiger charge is 2.60. The summed E-state index contributed by atoms with van der Waals surface area (Å²) in [5.74, 6) is 3.40. The normalized spacial score (nSPS) is 41.0. The molecule has 0 heterocycles. The molecular weight excluding hydrogens is 360 g/mol. The molecule has 0 aromatic heterocycles. The minimum absolute atomic E-state index is 0.0308. The van der Waals surface area contributed by atoms with Crippen LogP contribution < -0.4 is 0 Å². The number of hydrogen-bond donors (Lipinski definition) is 0. The van der Waals surface area contributed by atoms with Crippen molar-refractivity contribution in [1.29, 1.82) is 0 Å². The monoisotopic (exact) mass is 398 g/mol. The molecule has 3 nitrogen and oxygen atoms in total. The zero-order valence-corrected chi connectivity index (χ0v) is 18.8. The van der Waals surface area contributed by atoms with Gasteiger partial charge in [0.15, 0.2) is 5.78 Å². The summed E-state index contributed by atoms with van der Waals surface area (Å²) in [5, 5.41) is 0. The highest BCUT2D eigenvalue weighted by Crippen LogP contribution is 2.66. The van der Waals surface area contributed by atoms with Crippen molar-refractivity contribution < 1.29 is 14.3 Å². The summed E-state index contributed by atoms with van der Waals surface area (Å²) in [7, 11) is 0.